The van der Waals surface area contributed by atoms with Crippen molar-refractivity contribution >= 4 is 0 Å². The van der Waals surface area contributed by atoms with Gasteiger partial charge in [-0.3, -0.25) is 0 Å². The molecule has 0 aromatic rings. The smallest absolute Gasteiger partial charge is 0.100 e. The highest BCUT2D eigenvalue weighted by atomic mass is 16.6. The zero-order valence-electron chi connectivity index (χ0n) is 16.5. The Kier molecular flexibility index (Phi) is 14.7. The molecular weight excluding hydrogens is 316 g/mol. The van der Waals surface area contributed by atoms with E-state index in [0.29, 0.717) is 18.8 Å². The maximum atomic E-state index is 9.13. The maximum absolute atomic E-state index is 9.13. The van der Waals surface area contributed by atoms with E-state index in [1.165, 1.54) is 83.5 Å². The van der Waals surface area contributed by atoms with E-state index in [1.54, 1.807) is 0 Å². The first kappa shape index (κ1) is 22.9. The lowest BCUT2D eigenvalue weighted by molar-refractivity contribution is 0.00526. The Bertz CT molecular complexity index is 285. The summed E-state index contributed by atoms with van der Waals surface area (Å²) in [4.78, 5) is 0. The molecule has 4 heteroatoms. The van der Waals surface area contributed by atoms with Crippen molar-refractivity contribution in [3.8, 4) is 0 Å². The van der Waals surface area contributed by atoms with Gasteiger partial charge in [0.1, 0.15) is 6.10 Å². The highest BCUT2D eigenvalue weighted by molar-refractivity contribution is 4.84. The lowest BCUT2D eigenvalue weighted by atomic mass is 10.0. The molecule has 1 aliphatic rings. The molecule has 1 rings (SSSR count). The lowest BCUT2D eigenvalue weighted by Crippen LogP contribution is -2.19. The van der Waals surface area contributed by atoms with Crippen LogP contribution in [0.15, 0.2) is 0 Å². The highest BCUT2D eigenvalue weighted by Gasteiger charge is 2.36. The number of ether oxygens (including phenoxy) is 2. The largest absolute Gasteiger partial charge is 0.394 e. The molecule has 0 bridgehead atoms. The Morgan fingerprint density at radius 2 is 1.32 bits per heavy atom. The third kappa shape index (κ3) is 13.7. The normalized spacial score (nSPS) is 20.8. The first-order valence-electron chi connectivity index (χ1n) is 10.8. The Morgan fingerprint density at radius 3 is 1.88 bits per heavy atom. The first-order valence-corrected chi connectivity index (χ1v) is 10.8. The quantitative estimate of drug-likeness (QED) is 0.261. The summed E-state index contributed by atoms with van der Waals surface area (Å²) in [5, 5.41) is 17.8. The SMILES string of the molecule is CCCCCCCCC1OC1CCCCCCCCOCC(O)CO. The van der Waals surface area contributed by atoms with Crippen molar-refractivity contribution in [1.82, 2.24) is 0 Å². The molecule has 1 fully saturated rings. The number of unbranched alkanes of at least 4 members (excludes halogenated alkanes) is 10. The van der Waals surface area contributed by atoms with Gasteiger partial charge in [-0.15, -0.1) is 0 Å². The highest BCUT2D eigenvalue weighted by Crippen LogP contribution is 2.31. The van der Waals surface area contributed by atoms with Gasteiger partial charge >= 0.3 is 0 Å². The number of hydrogen-bond acceptors (Lipinski definition) is 4. The van der Waals surface area contributed by atoms with Gasteiger partial charge in [0.25, 0.3) is 0 Å². The fourth-order valence-corrected chi connectivity index (χ4v) is 3.34. The average molecular weight is 359 g/mol. The number of hydrogen-bond donors (Lipinski definition) is 2. The van der Waals surface area contributed by atoms with Crippen LogP contribution in [0.4, 0.5) is 0 Å². The molecule has 0 saturated carbocycles. The molecule has 3 atom stereocenters. The van der Waals surface area contributed by atoms with Gasteiger partial charge in [-0.05, 0) is 19.3 Å². The van der Waals surface area contributed by atoms with Crippen molar-refractivity contribution in [2.45, 2.75) is 115 Å². The van der Waals surface area contributed by atoms with E-state index in [1.807, 2.05) is 0 Å². The molecule has 1 saturated heterocycles. The van der Waals surface area contributed by atoms with Crippen LogP contribution in [0.1, 0.15) is 96.8 Å². The summed E-state index contributed by atoms with van der Waals surface area (Å²) in [6.45, 7) is 2.99. The Morgan fingerprint density at radius 1 is 0.800 bits per heavy atom. The van der Waals surface area contributed by atoms with Gasteiger partial charge in [-0.25, -0.2) is 0 Å². The summed E-state index contributed by atoms with van der Waals surface area (Å²) in [6, 6.07) is 0. The molecule has 1 aliphatic heterocycles. The molecule has 3 unspecified atom stereocenters. The second-order valence-corrected chi connectivity index (χ2v) is 7.59. The van der Waals surface area contributed by atoms with Gasteiger partial charge in [0.2, 0.25) is 0 Å². The van der Waals surface area contributed by atoms with Gasteiger partial charge < -0.3 is 19.7 Å². The van der Waals surface area contributed by atoms with Gasteiger partial charge in [-0.2, -0.15) is 0 Å². The third-order valence-electron chi connectivity index (χ3n) is 5.08. The standard InChI is InChI=1S/C21H42O4/c1-2-3-4-5-8-11-14-20-21(25-20)15-12-9-6-7-10-13-16-24-18-19(23)17-22/h19-23H,2-18H2,1H3. The van der Waals surface area contributed by atoms with Crippen molar-refractivity contribution in [1.29, 1.82) is 0 Å². The summed E-state index contributed by atoms with van der Waals surface area (Å²) in [7, 11) is 0. The van der Waals surface area contributed by atoms with Crippen molar-refractivity contribution in [2.75, 3.05) is 19.8 Å². The van der Waals surface area contributed by atoms with E-state index in [-0.39, 0.29) is 13.2 Å². The maximum Gasteiger partial charge on any atom is 0.100 e. The fourth-order valence-electron chi connectivity index (χ4n) is 3.34. The minimum atomic E-state index is -0.727. The zero-order chi connectivity index (χ0) is 18.2. The molecule has 1 heterocycles. The Balaban J connectivity index is 1.73. The minimum Gasteiger partial charge on any atom is -0.394 e. The van der Waals surface area contributed by atoms with E-state index in [4.69, 9.17) is 19.7 Å². The zero-order valence-corrected chi connectivity index (χ0v) is 16.5. The van der Waals surface area contributed by atoms with Crippen molar-refractivity contribution in [3.05, 3.63) is 0 Å². The molecule has 0 radical (unpaired) electrons. The second kappa shape index (κ2) is 16.0. The van der Waals surface area contributed by atoms with E-state index in [2.05, 4.69) is 6.92 Å². The van der Waals surface area contributed by atoms with Crippen molar-refractivity contribution in [3.63, 3.8) is 0 Å². The van der Waals surface area contributed by atoms with E-state index in [9.17, 15) is 0 Å². The molecule has 2 N–H and O–H groups in total. The van der Waals surface area contributed by atoms with Crippen LogP contribution in [-0.2, 0) is 9.47 Å². The van der Waals surface area contributed by atoms with Crippen LogP contribution in [0.2, 0.25) is 0 Å². The summed E-state index contributed by atoms with van der Waals surface area (Å²) in [6.07, 6.45) is 18.6. The molecule has 150 valence electrons. The van der Waals surface area contributed by atoms with Crippen LogP contribution in [0, 0.1) is 0 Å². The van der Waals surface area contributed by atoms with E-state index in [0.717, 1.165) is 6.42 Å². The summed E-state index contributed by atoms with van der Waals surface area (Å²) < 4.78 is 11.1. The molecule has 0 aromatic carbocycles. The van der Waals surface area contributed by atoms with Gasteiger partial charge in [0.05, 0.1) is 25.4 Å². The van der Waals surface area contributed by atoms with Crippen molar-refractivity contribution < 1.29 is 19.7 Å². The second-order valence-electron chi connectivity index (χ2n) is 7.59. The van der Waals surface area contributed by atoms with Crippen LogP contribution < -0.4 is 0 Å². The number of rotatable bonds is 19. The molecule has 0 aromatic heterocycles. The topological polar surface area (TPSA) is 62.2 Å². The molecular formula is C21H42O4. The fraction of sp³-hybridized carbons (Fsp3) is 1.00. The molecule has 0 spiro atoms. The first-order chi connectivity index (χ1) is 12.3. The van der Waals surface area contributed by atoms with Crippen molar-refractivity contribution in [2.24, 2.45) is 0 Å². The molecule has 0 aliphatic carbocycles. The third-order valence-corrected chi connectivity index (χ3v) is 5.08. The van der Waals surface area contributed by atoms with Crippen LogP contribution >= 0.6 is 0 Å². The predicted molar refractivity (Wildman–Crippen MR) is 103 cm³/mol. The average Bonchev–Trinajstić information content (AvgIpc) is 3.37. The van der Waals surface area contributed by atoms with Crippen LogP contribution in [0.5, 0.6) is 0 Å². The van der Waals surface area contributed by atoms with E-state index >= 15 is 0 Å². The number of aliphatic hydroxyl groups excluding tert-OH is 2. The number of epoxide rings is 1. The lowest BCUT2D eigenvalue weighted by Gasteiger charge is -2.07. The molecule has 4 nitrogen and oxygen atoms in total. The van der Waals surface area contributed by atoms with Gasteiger partial charge in [0.15, 0.2) is 0 Å². The predicted octanol–water partition coefficient (Wildman–Crippen LogP) is 4.60. The number of aliphatic hydroxyl groups is 2. The molecule has 0 amide bonds. The van der Waals surface area contributed by atoms with Gasteiger partial charge in [0, 0.05) is 6.61 Å². The van der Waals surface area contributed by atoms with E-state index < -0.39 is 6.10 Å². The Labute approximate surface area is 155 Å². The summed E-state index contributed by atoms with van der Waals surface area (Å²) in [5.41, 5.74) is 0. The molecule has 25 heavy (non-hydrogen) atoms. The van der Waals surface area contributed by atoms with Gasteiger partial charge in [-0.1, -0.05) is 77.6 Å². The summed E-state index contributed by atoms with van der Waals surface area (Å²) >= 11 is 0. The minimum absolute atomic E-state index is 0.218. The van der Waals surface area contributed by atoms with Crippen LogP contribution in [-0.4, -0.2) is 48.3 Å². The summed E-state index contributed by atoms with van der Waals surface area (Å²) in [5.74, 6) is 0. The van der Waals surface area contributed by atoms with Crippen LogP contribution in [0.25, 0.3) is 0 Å². The Hall–Kier alpha value is -0.160. The monoisotopic (exact) mass is 358 g/mol. The van der Waals surface area contributed by atoms with Crippen LogP contribution in [0.3, 0.4) is 0 Å².